The molecule has 0 fully saturated rings. The molecule has 0 atom stereocenters. The van der Waals surface area contributed by atoms with Crippen LogP contribution < -0.4 is 10.6 Å². The lowest BCUT2D eigenvalue weighted by Gasteiger charge is -2.10. The molecule has 0 aliphatic rings. The van der Waals surface area contributed by atoms with Crippen LogP contribution in [0.5, 0.6) is 0 Å². The molecule has 1 aromatic heterocycles. The number of aromatic nitrogens is 4. The zero-order valence-electron chi connectivity index (χ0n) is 14.3. The van der Waals surface area contributed by atoms with Crippen molar-refractivity contribution in [1.29, 1.82) is 0 Å². The van der Waals surface area contributed by atoms with Gasteiger partial charge in [-0.15, -0.1) is 5.10 Å². The van der Waals surface area contributed by atoms with E-state index in [-0.39, 0.29) is 30.4 Å². The lowest BCUT2D eigenvalue weighted by molar-refractivity contribution is -0.120. The highest BCUT2D eigenvalue weighted by Gasteiger charge is 2.14. The Balaban J connectivity index is 2.11. The fourth-order valence-electron chi connectivity index (χ4n) is 2.17. The third kappa shape index (κ3) is 4.37. The number of amides is 2. The number of nitrogens with zero attached hydrogens (tertiary/aromatic N) is 4. The number of hydrogen-bond acceptors (Lipinski definition) is 5. The molecule has 0 saturated heterocycles. The van der Waals surface area contributed by atoms with Gasteiger partial charge in [0.2, 0.25) is 5.91 Å². The zero-order chi connectivity index (χ0) is 17.7. The standard InChI is InChI=1S/C16H22N6O2/c1-10(2)18-14(23)9-17-16(24)13-7-5-6-12(8-13)15-19-20-21-22(15)11(3)4/h5-8,10-11H,9H2,1-4H3,(H,17,24)(H,18,23). The highest BCUT2D eigenvalue weighted by atomic mass is 16.2. The van der Waals surface area contributed by atoms with Crippen LogP contribution in [-0.4, -0.2) is 44.6 Å². The molecule has 0 radical (unpaired) electrons. The van der Waals surface area contributed by atoms with Crippen LogP contribution in [0.4, 0.5) is 0 Å². The molecule has 0 bridgehead atoms. The molecule has 8 heteroatoms. The van der Waals surface area contributed by atoms with Crippen molar-refractivity contribution in [3.63, 3.8) is 0 Å². The minimum absolute atomic E-state index is 0.0348. The van der Waals surface area contributed by atoms with E-state index in [0.29, 0.717) is 11.4 Å². The van der Waals surface area contributed by atoms with Gasteiger partial charge in [-0.3, -0.25) is 9.59 Å². The number of hydrogen-bond donors (Lipinski definition) is 2. The molecule has 2 amide bonds. The van der Waals surface area contributed by atoms with Gasteiger partial charge in [0.05, 0.1) is 12.6 Å². The molecule has 8 nitrogen and oxygen atoms in total. The van der Waals surface area contributed by atoms with Gasteiger partial charge in [0.1, 0.15) is 0 Å². The summed E-state index contributed by atoms with van der Waals surface area (Å²) in [6.07, 6.45) is 0. The van der Waals surface area contributed by atoms with Gasteiger partial charge in [0.25, 0.3) is 5.91 Å². The van der Waals surface area contributed by atoms with Crippen molar-refractivity contribution < 1.29 is 9.59 Å². The minimum Gasteiger partial charge on any atom is -0.352 e. The monoisotopic (exact) mass is 330 g/mol. The second kappa shape index (κ2) is 7.67. The minimum atomic E-state index is -0.320. The summed E-state index contributed by atoms with van der Waals surface area (Å²) < 4.78 is 1.69. The Hall–Kier alpha value is -2.77. The molecule has 1 aromatic carbocycles. The second-order valence-corrected chi connectivity index (χ2v) is 6.03. The van der Waals surface area contributed by atoms with E-state index < -0.39 is 0 Å². The summed E-state index contributed by atoms with van der Waals surface area (Å²) in [5.41, 5.74) is 1.19. The summed E-state index contributed by atoms with van der Waals surface area (Å²) in [5.74, 6) is 0.0507. The number of tetrazole rings is 1. The predicted molar refractivity (Wildman–Crippen MR) is 89.2 cm³/mol. The van der Waals surface area contributed by atoms with E-state index in [2.05, 4.69) is 26.2 Å². The highest BCUT2D eigenvalue weighted by Crippen LogP contribution is 2.19. The summed E-state index contributed by atoms with van der Waals surface area (Å²) in [4.78, 5) is 23.8. The normalized spacial score (nSPS) is 10.9. The first-order valence-corrected chi connectivity index (χ1v) is 7.84. The van der Waals surface area contributed by atoms with Gasteiger partial charge in [-0.1, -0.05) is 12.1 Å². The highest BCUT2D eigenvalue weighted by molar-refractivity contribution is 5.97. The average Bonchev–Trinajstić information content (AvgIpc) is 3.02. The summed E-state index contributed by atoms with van der Waals surface area (Å²) in [7, 11) is 0. The Bertz CT molecular complexity index is 723. The smallest absolute Gasteiger partial charge is 0.251 e. The number of nitrogens with one attached hydrogen (secondary N) is 2. The Kier molecular flexibility index (Phi) is 5.62. The van der Waals surface area contributed by atoms with Gasteiger partial charge < -0.3 is 10.6 Å². The summed E-state index contributed by atoms with van der Waals surface area (Å²) in [5, 5.41) is 17.0. The fraction of sp³-hybridized carbons (Fsp3) is 0.438. The Morgan fingerprint density at radius 2 is 1.96 bits per heavy atom. The molecular formula is C16H22N6O2. The number of carbonyl (C=O) groups is 2. The fourth-order valence-corrected chi connectivity index (χ4v) is 2.17. The first kappa shape index (κ1) is 17.6. The molecule has 1 heterocycles. The van der Waals surface area contributed by atoms with Crippen LogP contribution >= 0.6 is 0 Å². The van der Waals surface area contributed by atoms with Crippen molar-refractivity contribution in [3.05, 3.63) is 29.8 Å². The molecule has 2 aromatic rings. The van der Waals surface area contributed by atoms with E-state index in [4.69, 9.17) is 0 Å². The van der Waals surface area contributed by atoms with E-state index in [1.54, 1.807) is 22.9 Å². The van der Waals surface area contributed by atoms with Crippen LogP contribution in [0.15, 0.2) is 24.3 Å². The van der Waals surface area contributed by atoms with Crippen molar-refractivity contribution in [2.45, 2.75) is 39.8 Å². The third-order valence-corrected chi connectivity index (χ3v) is 3.22. The van der Waals surface area contributed by atoms with E-state index in [0.717, 1.165) is 5.56 Å². The van der Waals surface area contributed by atoms with Gasteiger partial charge in [-0.25, -0.2) is 4.68 Å². The summed E-state index contributed by atoms with van der Waals surface area (Å²) >= 11 is 0. The Labute approximate surface area is 140 Å². The largest absolute Gasteiger partial charge is 0.352 e. The van der Waals surface area contributed by atoms with Crippen LogP contribution in [0.25, 0.3) is 11.4 Å². The average molecular weight is 330 g/mol. The van der Waals surface area contributed by atoms with E-state index >= 15 is 0 Å². The molecule has 2 rings (SSSR count). The first-order valence-electron chi connectivity index (χ1n) is 7.84. The molecule has 0 aliphatic heterocycles. The molecule has 0 spiro atoms. The van der Waals surface area contributed by atoms with E-state index in [9.17, 15) is 9.59 Å². The van der Waals surface area contributed by atoms with E-state index in [1.807, 2.05) is 33.8 Å². The number of benzene rings is 1. The SMILES string of the molecule is CC(C)NC(=O)CNC(=O)c1cccc(-c2nnnn2C(C)C)c1. The lowest BCUT2D eigenvalue weighted by atomic mass is 10.1. The maximum absolute atomic E-state index is 12.2. The zero-order valence-corrected chi connectivity index (χ0v) is 14.3. The second-order valence-electron chi connectivity index (χ2n) is 6.03. The maximum Gasteiger partial charge on any atom is 0.251 e. The number of rotatable bonds is 6. The van der Waals surface area contributed by atoms with Gasteiger partial charge in [0.15, 0.2) is 5.82 Å². The quantitative estimate of drug-likeness (QED) is 0.828. The molecular weight excluding hydrogens is 308 g/mol. The van der Waals surface area contributed by atoms with Crippen molar-refractivity contribution in [2.24, 2.45) is 0 Å². The van der Waals surface area contributed by atoms with Crippen molar-refractivity contribution in [2.75, 3.05) is 6.54 Å². The van der Waals surface area contributed by atoms with Crippen LogP contribution in [0, 0.1) is 0 Å². The van der Waals surface area contributed by atoms with Crippen LogP contribution in [-0.2, 0) is 4.79 Å². The lowest BCUT2D eigenvalue weighted by Crippen LogP contribution is -2.39. The molecule has 0 saturated carbocycles. The number of carbonyl (C=O) groups excluding carboxylic acids is 2. The van der Waals surface area contributed by atoms with Crippen molar-refractivity contribution in [1.82, 2.24) is 30.8 Å². The third-order valence-electron chi connectivity index (χ3n) is 3.22. The van der Waals surface area contributed by atoms with Crippen molar-refractivity contribution in [3.8, 4) is 11.4 Å². The Morgan fingerprint density at radius 1 is 1.21 bits per heavy atom. The van der Waals surface area contributed by atoms with Gasteiger partial charge in [0, 0.05) is 17.2 Å². The molecule has 24 heavy (non-hydrogen) atoms. The van der Waals surface area contributed by atoms with E-state index in [1.165, 1.54) is 0 Å². The molecule has 2 N–H and O–H groups in total. The summed E-state index contributed by atoms with van der Waals surface area (Å²) in [6.45, 7) is 7.61. The first-order chi connectivity index (χ1) is 11.4. The van der Waals surface area contributed by atoms with Crippen LogP contribution in [0.3, 0.4) is 0 Å². The van der Waals surface area contributed by atoms with Gasteiger partial charge >= 0.3 is 0 Å². The maximum atomic E-state index is 12.2. The van der Waals surface area contributed by atoms with Gasteiger partial charge in [-0.2, -0.15) is 0 Å². The Morgan fingerprint density at radius 3 is 2.62 bits per heavy atom. The van der Waals surface area contributed by atoms with Gasteiger partial charge in [-0.05, 0) is 50.3 Å². The molecule has 0 unspecified atom stereocenters. The molecule has 0 aliphatic carbocycles. The summed E-state index contributed by atoms with van der Waals surface area (Å²) in [6, 6.07) is 7.13. The predicted octanol–water partition coefficient (Wildman–Crippen LogP) is 1.18. The van der Waals surface area contributed by atoms with Crippen LogP contribution in [0.1, 0.15) is 44.1 Å². The molecule has 128 valence electrons. The topological polar surface area (TPSA) is 102 Å². The van der Waals surface area contributed by atoms with Crippen molar-refractivity contribution >= 4 is 11.8 Å². The van der Waals surface area contributed by atoms with Crippen LogP contribution in [0.2, 0.25) is 0 Å².